The van der Waals surface area contributed by atoms with E-state index in [4.69, 9.17) is 16.0 Å². The Balaban J connectivity index is 2.31. The number of nitrogens with zero attached hydrogens (tertiary/aromatic N) is 1. The monoisotopic (exact) mass is 243 g/mol. The molecule has 0 N–H and O–H groups in total. The van der Waals surface area contributed by atoms with Gasteiger partial charge in [0.05, 0.1) is 5.88 Å². The number of benzene rings is 2. The molecular formula is C14H10ClNO. The molecule has 0 saturated carbocycles. The Morgan fingerprint density at radius 3 is 2.76 bits per heavy atom. The van der Waals surface area contributed by atoms with Crippen LogP contribution in [-0.4, -0.2) is 4.98 Å². The highest BCUT2D eigenvalue weighted by atomic mass is 35.5. The first-order valence-corrected chi connectivity index (χ1v) is 5.90. The van der Waals surface area contributed by atoms with Crippen molar-refractivity contribution in [2.24, 2.45) is 0 Å². The number of halogens is 1. The Labute approximate surface area is 104 Å². The Morgan fingerprint density at radius 2 is 1.88 bits per heavy atom. The third-order valence-electron chi connectivity index (χ3n) is 2.80. The molecule has 0 saturated heterocycles. The molecule has 3 rings (SSSR count). The Morgan fingerprint density at radius 1 is 1.06 bits per heavy atom. The fourth-order valence-corrected chi connectivity index (χ4v) is 2.20. The lowest BCUT2D eigenvalue weighted by Crippen LogP contribution is -1.84. The van der Waals surface area contributed by atoms with Crippen LogP contribution in [0.15, 0.2) is 53.3 Å². The van der Waals surface area contributed by atoms with Gasteiger partial charge in [-0.2, -0.15) is 0 Å². The maximum atomic E-state index is 5.85. The van der Waals surface area contributed by atoms with Crippen molar-refractivity contribution in [1.29, 1.82) is 0 Å². The van der Waals surface area contributed by atoms with Crippen LogP contribution in [0.2, 0.25) is 0 Å². The summed E-state index contributed by atoms with van der Waals surface area (Å²) in [7, 11) is 0. The van der Waals surface area contributed by atoms with Crippen LogP contribution in [0, 0.1) is 0 Å². The standard InChI is InChI=1S/C14H10ClNO/c15-8-13-14(17-9-16-13)12-7-3-5-10-4-1-2-6-11(10)12/h1-7,9H,8H2. The molecule has 2 nitrogen and oxygen atoms in total. The molecule has 17 heavy (non-hydrogen) atoms. The van der Waals surface area contributed by atoms with Crippen molar-refractivity contribution in [1.82, 2.24) is 4.98 Å². The minimum atomic E-state index is 0.356. The van der Waals surface area contributed by atoms with E-state index >= 15 is 0 Å². The number of alkyl halides is 1. The third-order valence-corrected chi connectivity index (χ3v) is 3.06. The van der Waals surface area contributed by atoms with Gasteiger partial charge in [0, 0.05) is 5.56 Å². The first kappa shape index (κ1) is 10.4. The molecule has 3 aromatic rings. The number of aromatic nitrogens is 1. The van der Waals surface area contributed by atoms with Crippen LogP contribution < -0.4 is 0 Å². The van der Waals surface area contributed by atoms with Gasteiger partial charge in [-0.25, -0.2) is 4.98 Å². The molecule has 1 heterocycles. The summed E-state index contributed by atoms with van der Waals surface area (Å²) >= 11 is 5.85. The zero-order valence-electron chi connectivity index (χ0n) is 9.06. The van der Waals surface area contributed by atoms with Crippen LogP contribution in [0.4, 0.5) is 0 Å². The number of fused-ring (bicyclic) bond motifs is 1. The van der Waals surface area contributed by atoms with E-state index < -0.39 is 0 Å². The van der Waals surface area contributed by atoms with Gasteiger partial charge in [-0.15, -0.1) is 11.6 Å². The first-order valence-electron chi connectivity index (χ1n) is 5.36. The van der Waals surface area contributed by atoms with E-state index in [0.29, 0.717) is 5.88 Å². The van der Waals surface area contributed by atoms with E-state index in [1.807, 2.05) is 24.3 Å². The summed E-state index contributed by atoms with van der Waals surface area (Å²) in [5.41, 5.74) is 1.82. The molecule has 0 radical (unpaired) electrons. The summed E-state index contributed by atoms with van der Waals surface area (Å²) < 4.78 is 5.45. The van der Waals surface area contributed by atoms with E-state index in [-0.39, 0.29) is 0 Å². The lowest BCUT2D eigenvalue weighted by Gasteiger charge is -2.04. The van der Waals surface area contributed by atoms with Crippen molar-refractivity contribution in [2.75, 3.05) is 0 Å². The fourth-order valence-electron chi connectivity index (χ4n) is 2.01. The minimum absolute atomic E-state index is 0.356. The van der Waals surface area contributed by atoms with E-state index in [9.17, 15) is 0 Å². The van der Waals surface area contributed by atoms with Gasteiger partial charge in [-0.1, -0.05) is 42.5 Å². The molecule has 0 bridgehead atoms. The van der Waals surface area contributed by atoms with Gasteiger partial charge in [0.2, 0.25) is 0 Å². The van der Waals surface area contributed by atoms with Crippen molar-refractivity contribution in [3.8, 4) is 11.3 Å². The van der Waals surface area contributed by atoms with Crippen LogP contribution in [0.5, 0.6) is 0 Å². The predicted molar refractivity (Wildman–Crippen MR) is 69.0 cm³/mol. The van der Waals surface area contributed by atoms with E-state index in [0.717, 1.165) is 22.4 Å². The summed E-state index contributed by atoms with van der Waals surface area (Å²) in [5, 5.41) is 2.33. The summed E-state index contributed by atoms with van der Waals surface area (Å²) in [4.78, 5) is 4.12. The highest BCUT2D eigenvalue weighted by Crippen LogP contribution is 2.31. The minimum Gasteiger partial charge on any atom is -0.443 e. The number of oxazole rings is 1. The number of hydrogen-bond acceptors (Lipinski definition) is 2. The van der Waals surface area contributed by atoms with Gasteiger partial charge in [0.25, 0.3) is 0 Å². The highest BCUT2D eigenvalue weighted by molar-refractivity contribution is 6.17. The molecule has 0 aliphatic heterocycles. The van der Waals surface area contributed by atoms with Crippen molar-refractivity contribution >= 4 is 22.4 Å². The summed E-state index contributed by atoms with van der Waals surface area (Å²) in [6.45, 7) is 0. The molecule has 0 spiro atoms. The zero-order valence-corrected chi connectivity index (χ0v) is 9.82. The van der Waals surface area contributed by atoms with Gasteiger partial charge in [-0.3, -0.25) is 0 Å². The molecule has 2 aromatic carbocycles. The van der Waals surface area contributed by atoms with Gasteiger partial charge in [0.15, 0.2) is 12.2 Å². The van der Waals surface area contributed by atoms with Gasteiger partial charge < -0.3 is 4.42 Å². The third kappa shape index (κ3) is 1.71. The molecule has 0 unspecified atom stereocenters. The average Bonchev–Trinajstić information content (AvgIpc) is 2.86. The summed E-state index contributed by atoms with van der Waals surface area (Å²) in [6.07, 6.45) is 1.44. The molecule has 1 aromatic heterocycles. The Bertz CT molecular complexity index is 655. The number of hydrogen-bond donors (Lipinski definition) is 0. The maximum Gasteiger partial charge on any atom is 0.181 e. The van der Waals surface area contributed by atoms with Crippen LogP contribution in [0.3, 0.4) is 0 Å². The Kier molecular flexibility index (Phi) is 2.57. The number of rotatable bonds is 2. The largest absolute Gasteiger partial charge is 0.443 e. The van der Waals surface area contributed by atoms with E-state index in [2.05, 4.69) is 23.2 Å². The van der Waals surface area contributed by atoms with E-state index in [1.165, 1.54) is 11.8 Å². The quantitative estimate of drug-likeness (QED) is 0.630. The molecule has 0 atom stereocenters. The van der Waals surface area contributed by atoms with Crippen LogP contribution in [0.1, 0.15) is 5.69 Å². The second kappa shape index (κ2) is 4.22. The van der Waals surface area contributed by atoms with Gasteiger partial charge in [-0.05, 0) is 10.8 Å². The van der Waals surface area contributed by atoms with Gasteiger partial charge in [0.1, 0.15) is 5.69 Å². The molecule has 3 heteroatoms. The van der Waals surface area contributed by atoms with Gasteiger partial charge >= 0.3 is 0 Å². The zero-order chi connectivity index (χ0) is 11.7. The fraction of sp³-hybridized carbons (Fsp3) is 0.0714. The molecule has 0 aliphatic rings. The normalized spacial score (nSPS) is 10.9. The molecule has 84 valence electrons. The second-order valence-corrected chi connectivity index (χ2v) is 4.06. The van der Waals surface area contributed by atoms with Crippen LogP contribution in [0.25, 0.3) is 22.1 Å². The van der Waals surface area contributed by atoms with Crippen molar-refractivity contribution in [3.63, 3.8) is 0 Å². The lowest BCUT2D eigenvalue weighted by atomic mass is 10.0. The van der Waals surface area contributed by atoms with Crippen molar-refractivity contribution in [2.45, 2.75) is 5.88 Å². The molecule has 0 aliphatic carbocycles. The van der Waals surface area contributed by atoms with E-state index in [1.54, 1.807) is 0 Å². The summed E-state index contributed by atoms with van der Waals surface area (Å²) in [5.74, 6) is 1.12. The highest BCUT2D eigenvalue weighted by Gasteiger charge is 2.12. The molecular weight excluding hydrogens is 234 g/mol. The maximum absolute atomic E-state index is 5.85. The first-order chi connectivity index (χ1) is 8.40. The van der Waals surface area contributed by atoms with Crippen LogP contribution >= 0.6 is 11.6 Å². The Hall–Kier alpha value is -1.80. The smallest absolute Gasteiger partial charge is 0.181 e. The predicted octanol–water partition coefficient (Wildman–Crippen LogP) is 4.23. The molecule has 0 fully saturated rings. The van der Waals surface area contributed by atoms with Crippen LogP contribution in [-0.2, 0) is 5.88 Å². The average molecular weight is 244 g/mol. The lowest BCUT2D eigenvalue weighted by molar-refractivity contribution is 0.572. The van der Waals surface area contributed by atoms with Crippen molar-refractivity contribution < 1.29 is 4.42 Å². The molecule has 0 amide bonds. The topological polar surface area (TPSA) is 26.0 Å². The second-order valence-electron chi connectivity index (χ2n) is 3.79. The summed E-state index contributed by atoms with van der Waals surface area (Å²) in [6, 6.07) is 14.3. The van der Waals surface area contributed by atoms with Crippen molar-refractivity contribution in [3.05, 3.63) is 54.6 Å². The SMILES string of the molecule is ClCc1ncoc1-c1cccc2ccccc12.